The molecule has 7 nitrogen and oxygen atoms in total. The van der Waals surface area contributed by atoms with Gasteiger partial charge in [0.1, 0.15) is 5.82 Å². The van der Waals surface area contributed by atoms with Gasteiger partial charge in [-0.15, -0.1) is 0 Å². The van der Waals surface area contributed by atoms with E-state index in [4.69, 9.17) is 0 Å². The first-order chi connectivity index (χ1) is 12.8. The van der Waals surface area contributed by atoms with Gasteiger partial charge in [-0.1, -0.05) is 0 Å². The Hall–Kier alpha value is -2.26. The van der Waals surface area contributed by atoms with Crippen LogP contribution in [-0.4, -0.2) is 35.9 Å². The van der Waals surface area contributed by atoms with Crippen molar-refractivity contribution in [1.29, 1.82) is 0 Å². The van der Waals surface area contributed by atoms with Gasteiger partial charge in [-0.05, 0) is 56.4 Å². The minimum atomic E-state index is -3.72. The van der Waals surface area contributed by atoms with E-state index in [1.807, 2.05) is 0 Å². The molecule has 9 heteroatoms. The van der Waals surface area contributed by atoms with Gasteiger partial charge in [0, 0.05) is 31.4 Å². The number of sulfonamides is 1. The Morgan fingerprint density at radius 1 is 1.15 bits per heavy atom. The minimum absolute atomic E-state index is 0.0185. The standard InChI is InChI=1S/C18H22FN3O4S/c1-21(27(25,26)14-9-7-13(19)8-10-14)11-4-12-22-16-6-3-2-5-15(16)17(23)20-18(22)24/h7-10H,2-6,11-12H2,1H3,(H,20,23,24). The van der Waals surface area contributed by atoms with E-state index in [0.29, 0.717) is 31.4 Å². The number of rotatable bonds is 6. The maximum Gasteiger partial charge on any atom is 0.328 e. The van der Waals surface area contributed by atoms with Gasteiger partial charge in [0.25, 0.3) is 5.56 Å². The van der Waals surface area contributed by atoms with Crippen LogP contribution in [0.5, 0.6) is 0 Å². The molecule has 0 saturated carbocycles. The number of aromatic amines is 1. The third-order valence-electron chi connectivity index (χ3n) is 4.88. The molecular weight excluding hydrogens is 373 g/mol. The second-order valence-electron chi connectivity index (χ2n) is 6.68. The molecule has 0 saturated heterocycles. The van der Waals surface area contributed by atoms with Crippen molar-refractivity contribution >= 4 is 10.0 Å². The average molecular weight is 395 g/mol. The van der Waals surface area contributed by atoms with Crippen molar-refractivity contribution in [2.75, 3.05) is 13.6 Å². The first kappa shape index (κ1) is 19.5. The van der Waals surface area contributed by atoms with E-state index in [0.717, 1.165) is 30.7 Å². The number of halogens is 1. The highest BCUT2D eigenvalue weighted by molar-refractivity contribution is 7.89. The number of H-pyrrole nitrogens is 1. The van der Waals surface area contributed by atoms with Crippen molar-refractivity contribution in [3.05, 3.63) is 62.2 Å². The molecule has 0 radical (unpaired) electrons. The summed E-state index contributed by atoms with van der Waals surface area (Å²) in [5.74, 6) is -0.501. The van der Waals surface area contributed by atoms with Crippen LogP contribution in [0.25, 0.3) is 0 Å². The molecule has 27 heavy (non-hydrogen) atoms. The Kier molecular flexibility index (Phi) is 5.61. The van der Waals surface area contributed by atoms with Gasteiger partial charge in [-0.25, -0.2) is 21.9 Å². The predicted molar refractivity (Wildman–Crippen MR) is 98.8 cm³/mol. The number of hydrogen-bond acceptors (Lipinski definition) is 4. The van der Waals surface area contributed by atoms with Crippen molar-refractivity contribution in [2.24, 2.45) is 0 Å². The van der Waals surface area contributed by atoms with Crippen molar-refractivity contribution in [3.8, 4) is 0 Å². The predicted octanol–water partition coefficient (Wildman–Crippen LogP) is 1.27. The van der Waals surface area contributed by atoms with E-state index >= 15 is 0 Å². The first-order valence-corrected chi connectivity index (χ1v) is 10.3. The SMILES string of the molecule is CN(CCCn1c2c(c(=O)[nH]c1=O)CCCC2)S(=O)(=O)c1ccc(F)cc1. The maximum atomic E-state index is 13.0. The molecule has 0 aliphatic heterocycles. The highest BCUT2D eigenvalue weighted by atomic mass is 32.2. The van der Waals surface area contributed by atoms with E-state index in [1.165, 1.54) is 23.5 Å². The summed E-state index contributed by atoms with van der Waals surface area (Å²) in [6.45, 7) is 0.515. The molecule has 0 unspecified atom stereocenters. The molecule has 1 heterocycles. The zero-order chi connectivity index (χ0) is 19.6. The largest absolute Gasteiger partial charge is 0.328 e. The Labute approximate surface area is 156 Å². The summed E-state index contributed by atoms with van der Waals surface area (Å²) in [6, 6.07) is 4.66. The topological polar surface area (TPSA) is 92.2 Å². The smallest absolute Gasteiger partial charge is 0.297 e. The summed E-state index contributed by atoms with van der Waals surface area (Å²) in [5, 5.41) is 0. The fraction of sp³-hybridized carbons (Fsp3) is 0.444. The first-order valence-electron chi connectivity index (χ1n) is 8.87. The van der Waals surface area contributed by atoms with E-state index in [1.54, 1.807) is 4.57 Å². The monoisotopic (exact) mass is 395 g/mol. The van der Waals surface area contributed by atoms with Crippen molar-refractivity contribution < 1.29 is 12.8 Å². The zero-order valence-electron chi connectivity index (χ0n) is 15.1. The third kappa shape index (κ3) is 4.03. The van der Waals surface area contributed by atoms with Crippen LogP contribution in [-0.2, 0) is 29.4 Å². The van der Waals surface area contributed by atoms with Crippen LogP contribution in [0.4, 0.5) is 4.39 Å². The maximum absolute atomic E-state index is 13.0. The molecule has 0 fully saturated rings. The lowest BCUT2D eigenvalue weighted by Crippen LogP contribution is -2.37. The number of aromatic nitrogens is 2. The normalized spacial score (nSPS) is 14.3. The van der Waals surface area contributed by atoms with Crippen LogP contribution in [0.1, 0.15) is 30.5 Å². The number of benzene rings is 1. The van der Waals surface area contributed by atoms with Crippen molar-refractivity contribution in [3.63, 3.8) is 0 Å². The number of hydrogen-bond donors (Lipinski definition) is 1. The van der Waals surface area contributed by atoms with E-state index in [-0.39, 0.29) is 17.0 Å². The van der Waals surface area contributed by atoms with Crippen LogP contribution in [0.15, 0.2) is 38.8 Å². The molecule has 3 rings (SSSR count). The minimum Gasteiger partial charge on any atom is -0.297 e. The molecular formula is C18H22FN3O4S. The van der Waals surface area contributed by atoms with E-state index in [9.17, 15) is 22.4 Å². The van der Waals surface area contributed by atoms with Gasteiger partial charge in [-0.2, -0.15) is 0 Å². The molecule has 1 aliphatic rings. The van der Waals surface area contributed by atoms with Gasteiger partial charge in [0.15, 0.2) is 0 Å². The fourth-order valence-corrected chi connectivity index (χ4v) is 4.60. The van der Waals surface area contributed by atoms with Gasteiger partial charge >= 0.3 is 5.69 Å². The molecule has 1 aromatic carbocycles. The van der Waals surface area contributed by atoms with Gasteiger partial charge < -0.3 is 0 Å². The Bertz CT molecular complexity index is 1040. The summed E-state index contributed by atoms with van der Waals surface area (Å²) in [6.07, 6.45) is 3.60. The number of nitrogens with zero attached hydrogens (tertiary/aromatic N) is 2. The lowest BCUT2D eigenvalue weighted by molar-refractivity contribution is 0.435. The van der Waals surface area contributed by atoms with Gasteiger partial charge in [0.05, 0.1) is 4.90 Å². The second kappa shape index (κ2) is 7.77. The van der Waals surface area contributed by atoms with Crippen LogP contribution >= 0.6 is 0 Å². The second-order valence-corrected chi connectivity index (χ2v) is 8.72. The molecule has 1 aliphatic carbocycles. The third-order valence-corrected chi connectivity index (χ3v) is 6.75. The van der Waals surface area contributed by atoms with Crippen molar-refractivity contribution in [1.82, 2.24) is 13.9 Å². The molecule has 2 aromatic rings. The summed E-state index contributed by atoms with van der Waals surface area (Å²) in [5.41, 5.74) is 0.652. The number of fused-ring (bicyclic) bond motifs is 1. The zero-order valence-corrected chi connectivity index (χ0v) is 15.9. The van der Waals surface area contributed by atoms with Crippen LogP contribution in [0, 0.1) is 5.82 Å². The molecule has 0 bridgehead atoms. The molecule has 0 spiro atoms. The molecule has 146 valence electrons. The summed E-state index contributed by atoms with van der Waals surface area (Å²) < 4.78 is 40.8. The van der Waals surface area contributed by atoms with Crippen LogP contribution in [0.3, 0.4) is 0 Å². The van der Waals surface area contributed by atoms with Gasteiger partial charge in [0.2, 0.25) is 10.0 Å². The highest BCUT2D eigenvalue weighted by Crippen LogP contribution is 2.18. The summed E-state index contributed by atoms with van der Waals surface area (Å²) >= 11 is 0. The fourth-order valence-electron chi connectivity index (χ4n) is 3.39. The Morgan fingerprint density at radius 2 is 1.81 bits per heavy atom. The van der Waals surface area contributed by atoms with E-state index in [2.05, 4.69) is 4.98 Å². The van der Waals surface area contributed by atoms with Crippen molar-refractivity contribution in [2.45, 2.75) is 43.5 Å². The highest BCUT2D eigenvalue weighted by Gasteiger charge is 2.21. The summed E-state index contributed by atoms with van der Waals surface area (Å²) in [4.78, 5) is 26.5. The van der Waals surface area contributed by atoms with Crippen LogP contribution in [0.2, 0.25) is 0 Å². The molecule has 1 N–H and O–H groups in total. The quantitative estimate of drug-likeness (QED) is 0.797. The Balaban J connectivity index is 1.72. The summed E-state index contributed by atoms with van der Waals surface area (Å²) in [7, 11) is -2.27. The molecule has 0 atom stereocenters. The lowest BCUT2D eigenvalue weighted by Gasteiger charge is -2.21. The van der Waals surface area contributed by atoms with E-state index < -0.39 is 21.5 Å². The lowest BCUT2D eigenvalue weighted by atomic mass is 9.97. The number of nitrogens with one attached hydrogen (secondary N) is 1. The average Bonchev–Trinajstić information content (AvgIpc) is 2.64. The molecule has 0 amide bonds. The van der Waals surface area contributed by atoms with Crippen LogP contribution < -0.4 is 11.2 Å². The Morgan fingerprint density at radius 3 is 2.52 bits per heavy atom. The van der Waals surface area contributed by atoms with Gasteiger partial charge in [-0.3, -0.25) is 14.3 Å². The molecule has 1 aromatic heterocycles.